The molecule has 1 aliphatic rings. The summed E-state index contributed by atoms with van der Waals surface area (Å²) in [5, 5.41) is 3.13. The Morgan fingerprint density at radius 2 is 2.31 bits per heavy atom. The molecule has 1 aliphatic heterocycles. The molecule has 0 unspecified atom stereocenters. The fourth-order valence-electron chi connectivity index (χ4n) is 1.83. The maximum atomic E-state index is 12.0. The lowest BCUT2D eigenvalue weighted by Crippen LogP contribution is -2.29. The molecule has 16 heavy (non-hydrogen) atoms. The highest BCUT2D eigenvalue weighted by Crippen LogP contribution is 2.29. The lowest BCUT2D eigenvalue weighted by atomic mass is 10.0. The minimum atomic E-state index is 0.104. The highest BCUT2D eigenvalue weighted by atomic mass is 16.5. The van der Waals surface area contributed by atoms with Gasteiger partial charge in [0.2, 0.25) is 0 Å². The van der Waals surface area contributed by atoms with Crippen molar-refractivity contribution in [1.82, 2.24) is 5.32 Å². The Balaban J connectivity index is 2.15. The molecule has 1 heterocycles. The number of hydrogen-bond acceptors (Lipinski definition) is 3. The lowest BCUT2D eigenvalue weighted by Gasteiger charge is -2.09. The molecule has 0 saturated heterocycles. The van der Waals surface area contributed by atoms with Gasteiger partial charge in [0.1, 0.15) is 5.75 Å². The van der Waals surface area contributed by atoms with E-state index >= 15 is 0 Å². The predicted molar refractivity (Wildman–Crippen MR) is 63.1 cm³/mol. The van der Waals surface area contributed by atoms with Gasteiger partial charge in [0, 0.05) is 12.5 Å². The standard InChI is InChI=1S/C13H17NO2/c1-9(2)14-8-12(15)11-5-3-4-10-6-7-16-13(10)11/h3-5,9,14H,6-8H2,1-2H3. The molecule has 1 aromatic rings. The van der Waals surface area contributed by atoms with Gasteiger partial charge in [0.25, 0.3) is 0 Å². The van der Waals surface area contributed by atoms with Crippen LogP contribution in [-0.2, 0) is 6.42 Å². The molecule has 0 saturated carbocycles. The number of carbonyl (C=O) groups is 1. The molecule has 0 bridgehead atoms. The number of ketones is 1. The smallest absolute Gasteiger partial charge is 0.180 e. The third-order valence-corrected chi connectivity index (χ3v) is 2.69. The van der Waals surface area contributed by atoms with Crippen LogP contribution >= 0.6 is 0 Å². The van der Waals surface area contributed by atoms with Crippen LogP contribution in [-0.4, -0.2) is 25.0 Å². The normalized spacial score (nSPS) is 13.7. The summed E-state index contributed by atoms with van der Waals surface area (Å²) in [6, 6.07) is 6.11. The van der Waals surface area contributed by atoms with E-state index in [2.05, 4.69) is 5.32 Å². The first-order valence-corrected chi connectivity index (χ1v) is 5.69. The number of rotatable bonds is 4. The van der Waals surface area contributed by atoms with Crippen molar-refractivity contribution in [3.05, 3.63) is 29.3 Å². The number of carbonyl (C=O) groups excluding carboxylic acids is 1. The Labute approximate surface area is 95.8 Å². The lowest BCUT2D eigenvalue weighted by molar-refractivity contribution is 0.0985. The third-order valence-electron chi connectivity index (χ3n) is 2.69. The number of fused-ring (bicyclic) bond motifs is 1. The molecule has 0 radical (unpaired) electrons. The molecule has 0 atom stereocenters. The van der Waals surface area contributed by atoms with E-state index in [9.17, 15) is 4.79 Å². The summed E-state index contributed by atoms with van der Waals surface area (Å²) in [6.45, 7) is 5.12. The second-order valence-electron chi connectivity index (χ2n) is 4.35. The van der Waals surface area contributed by atoms with E-state index in [4.69, 9.17) is 4.74 Å². The maximum Gasteiger partial charge on any atom is 0.180 e. The quantitative estimate of drug-likeness (QED) is 0.785. The summed E-state index contributed by atoms with van der Waals surface area (Å²) in [6.07, 6.45) is 0.911. The van der Waals surface area contributed by atoms with Crippen LogP contribution in [0.15, 0.2) is 18.2 Å². The van der Waals surface area contributed by atoms with Gasteiger partial charge in [0.05, 0.1) is 18.7 Å². The van der Waals surface area contributed by atoms with Crippen molar-refractivity contribution in [2.75, 3.05) is 13.2 Å². The summed E-state index contributed by atoms with van der Waals surface area (Å²) < 4.78 is 5.51. The predicted octanol–water partition coefficient (Wildman–Crippen LogP) is 1.80. The minimum absolute atomic E-state index is 0.104. The van der Waals surface area contributed by atoms with E-state index in [1.807, 2.05) is 32.0 Å². The van der Waals surface area contributed by atoms with Crippen LogP contribution < -0.4 is 10.1 Å². The van der Waals surface area contributed by atoms with Crippen LogP contribution in [0.3, 0.4) is 0 Å². The highest BCUT2D eigenvalue weighted by molar-refractivity contribution is 6.00. The summed E-state index contributed by atoms with van der Waals surface area (Å²) in [5.74, 6) is 0.894. The Bertz CT molecular complexity index is 399. The highest BCUT2D eigenvalue weighted by Gasteiger charge is 2.19. The van der Waals surface area contributed by atoms with Gasteiger partial charge >= 0.3 is 0 Å². The van der Waals surface area contributed by atoms with Crippen LogP contribution in [0.4, 0.5) is 0 Å². The summed E-state index contributed by atoms with van der Waals surface area (Å²) in [4.78, 5) is 12.0. The van der Waals surface area contributed by atoms with Crippen molar-refractivity contribution in [3.63, 3.8) is 0 Å². The largest absolute Gasteiger partial charge is 0.492 e. The number of nitrogens with one attached hydrogen (secondary N) is 1. The molecule has 3 heteroatoms. The Morgan fingerprint density at radius 3 is 3.06 bits per heavy atom. The molecule has 86 valence electrons. The van der Waals surface area contributed by atoms with E-state index in [1.165, 1.54) is 0 Å². The number of ether oxygens (including phenoxy) is 1. The Morgan fingerprint density at radius 1 is 1.50 bits per heavy atom. The van der Waals surface area contributed by atoms with E-state index in [0.29, 0.717) is 24.8 Å². The van der Waals surface area contributed by atoms with Gasteiger partial charge in [-0.25, -0.2) is 0 Å². The first-order chi connectivity index (χ1) is 7.68. The van der Waals surface area contributed by atoms with Gasteiger partial charge in [-0.3, -0.25) is 4.79 Å². The Hall–Kier alpha value is -1.35. The zero-order valence-electron chi connectivity index (χ0n) is 9.75. The average molecular weight is 219 g/mol. The van der Waals surface area contributed by atoms with E-state index in [-0.39, 0.29) is 5.78 Å². The van der Waals surface area contributed by atoms with Gasteiger partial charge in [0.15, 0.2) is 5.78 Å². The topological polar surface area (TPSA) is 38.3 Å². The molecule has 0 aliphatic carbocycles. The van der Waals surface area contributed by atoms with Crippen LogP contribution in [0.1, 0.15) is 29.8 Å². The second kappa shape index (κ2) is 4.66. The van der Waals surface area contributed by atoms with Gasteiger partial charge in [-0.15, -0.1) is 0 Å². The summed E-state index contributed by atoms with van der Waals surface area (Å²) in [7, 11) is 0. The minimum Gasteiger partial charge on any atom is -0.492 e. The van der Waals surface area contributed by atoms with Gasteiger partial charge in [-0.1, -0.05) is 26.0 Å². The molecule has 0 fully saturated rings. The van der Waals surface area contributed by atoms with Crippen molar-refractivity contribution >= 4 is 5.78 Å². The average Bonchev–Trinajstić information content (AvgIpc) is 2.73. The zero-order chi connectivity index (χ0) is 11.5. The van der Waals surface area contributed by atoms with Crippen molar-refractivity contribution in [2.24, 2.45) is 0 Å². The first kappa shape index (κ1) is 11.1. The monoisotopic (exact) mass is 219 g/mol. The summed E-state index contributed by atoms with van der Waals surface area (Å²) in [5.41, 5.74) is 1.86. The van der Waals surface area contributed by atoms with Crippen molar-refractivity contribution in [1.29, 1.82) is 0 Å². The first-order valence-electron chi connectivity index (χ1n) is 5.69. The molecular formula is C13H17NO2. The number of para-hydroxylation sites is 1. The molecule has 1 aromatic carbocycles. The molecule has 0 aromatic heterocycles. The van der Waals surface area contributed by atoms with Crippen molar-refractivity contribution < 1.29 is 9.53 Å². The van der Waals surface area contributed by atoms with E-state index in [0.717, 1.165) is 17.7 Å². The molecule has 3 nitrogen and oxygen atoms in total. The molecular weight excluding hydrogens is 202 g/mol. The number of Topliss-reactive ketones (excluding diaryl/α,β-unsaturated/α-hetero) is 1. The van der Waals surface area contributed by atoms with Crippen LogP contribution in [0, 0.1) is 0 Å². The number of hydrogen-bond donors (Lipinski definition) is 1. The Kier molecular flexibility index (Phi) is 3.25. The third kappa shape index (κ3) is 2.25. The molecule has 0 amide bonds. The SMILES string of the molecule is CC(C)NCC(=O)c1cccc2c1OCC2. The van der Waals surface area contributed by atoms with E-state index < -0.39 is 0 Å². The molecule has 2 rings (SSSR count). The second-order valence-corrected chi connectivity index (χ2v) is 4.35. The van der Waals surface area contributed by atoms with Crippen LogP contribution in [0.2, 0.25) is 0 Å². The van der Waals surface area contributed by atoms with Crippen LogP contribution in [0.25, 0.3) is 0 Å². The van der Waals surface area contributed by atoms with Crippen molar-refractivity contribution in [3.8, 4) is 5.75 Å². The molecule has 0 spiro atoms. The fourth-order valence-corrected chi connectivity index (χ4v) is 1.83. The molecule has 1 N–H and O–H groups in total. The van der Waals surface area contributed by atoms with Gasteiger partial charge < -0.3 is 10.1 Å². The van der Waals surface area contributed by atoms with Crippen molar-refractivity contribution in [2.45, 2.75) is 26.3 Å². The van der Waals surface area contributed by atoms with Gasteiger partial charge in [-0.2, -0.15) is 0 Å². The summed E-state index contributed by atoms with van der Waals surface area (Å²) >= 11 is 0. The zero-order valence-corrected chi connectivity index (χ0v) is 9.75. The maximum absolute atomic E-state index is 12.0. The number of benzene rings is 1. The van der Waals surface area contributed by atoms with E-state index in [1.54, 1.807) is 0 Å². The fraction of sp³-hybridized carbons (Fsp3) is 0.462. The van der Waals surface area contributed by atoms with Crippen LogP contribution in [0.5, 0.6) is 5.75 Å². The van der Waals surface area contributed by atoms with Gasteiger partial charge in [-0.05, 0) is 11.6 Å².